The Hall–Kier alpha value is -4.82. The second-order valence-corrected chi connectivity index (χ2v) is 10.1. The molecular formula is C31H28ClN7O3. The Morgan fingerprint density at radius 1 is 1.00 bits per heavy atom. The Labute approximate surface area is 247 Å². The van der Waals surface area contributed by atoms with Crippen LogP contribution in [-0.2, 0) is 4.74 Å². The lowest BCUT2D eigenvalue weighted by atomic mass is 10.2. The number of aliphatic hydroxyl groups is 1. The number of nitrogens with one attached hydrogen (secondary N) is 1. The molecule has 3 aromatic heterocycles. The number of benzene rings is 2. The van der Waals surface area contributed by atoms with Gasteiger partial charge >= 0.3 is 0 Å². The first-order valence-corrected chi connectivity index (χ1v) is 13.6. The summed E-state index contributed by atoms with van der Waals surface area (Å²) >= 11 is 6.41. The minimum Gasteiger partial charge on any atom is -0.382 e. The summed E-state index contributed by atoms with van der Waals surface area (Å²) in [6.07, 6.45) is 1.61. The number of hydrogen-bond acceptors (Lipinski definition) is 9. The van der Waals surface area contributed by atoms with Gasteiger partial charge in [0.1, 0.15) is 35.0 Å². The topological polar surface area (TPSA) is 141 Å². The van der Waals surface area contributed by atoms with Crippen LogP contribution in [0.3, 0.4) is 0 Å². The van der Waals surface area contributed by atoms with Crippen molar-refractivity contribution in [2.24, 2.45) is 0 Å². The van der Waals surface area contributed by atoms with Crippen molar-refractivity contribution in [3.63, 3.8) is 0 Å². The summed E-state index contributed by atoms with van der Waals surface area (Å²) in [4.78, 5) is 31.3. The third-order valence-corrected chi connectivity index (χ3v) is 6.61. The van der Waals surface area contributed by atoms with Gasteiger partial charge in [-0.05, 0) is 63.1 Å². The zero-order valence-corrected chi connectivity index (χ0v) is 23.9. The highest BCUT2D eigenvalue weighted by atomic mass is 35.5. The van der Waals surface area contributed by atoms with E-state index in [-0.39, 0.29) is 17.5 Å². The van der Waals surface area contributed by atoms with Crippen LogP contribution in [0.25, 0.3) is 16.6 Å². The van der Waals surface area contributed by atoms with Gasteiger partial charge in [-0.1, -0.05) is 41.8 Å². The Bertz CT molecular complexity index is 1850. The predicted octanol–water partition coefficient (Wildman–Crippen LogP) is 4.80. The Morgan fingerprint density at radius 3 is 2.50 bits per heavy atom. The lowest BCUT2D eigenvalue weighted by Gasteiger charge is -2.21. The van der Waals surface area contributed by atoms with E-state index in [1.807, 2.05) is 51.1 Å². The maximum atomic E-state index is 13.7. The average Bonchev–Trinajstić information content (AvgIpc) is 2.97. The zero-order chi connectivity index (χ0) is 29.8. The first kappa shape index (κ1) is 28.7. The second kappa shape index (κ2) is 12.4. The molecule has 0 aliphatic carbocycles. The molecule has 0 saturated carbocycles. The maximum absolute atomic E-state index is 13.7. The predicted molar refractivity (Wildman–Crippen MR) is 162 cm³/mol. The van der Waals surface area contributed by atoms with Gasteiger partial charge in [-0.25, -0.2) is 19.9 Å². The van der Waals surface area contributed by atoms with Crippen molar-refractivity contribution < 1.29 is 9.84 Å². The van der Waals surface area contributed by atoms with Crippen LogP contribution in [0.15, 0.2) is 78.0 Å². The summed E-state index contributed by atoms with van der Waals surface area (Å²) in [5.74, 6) is 6.95. The number of aromatic nitrogens is 5. The first-order valence-electron chi connectivity index (χ1n) is 13.2. The van der Waals surface area contributed by atoms with Crippen molar-refractivity contribution in [1.29, 1.82) is 0 Å². The van der Waals surface area contributed by atoms with Crippen molar-refractivity contribution in [3.8, 4) is 17.5 Å². The summed E-state index contributed by atoms with van der Waals surface area (Å²) in [5.41, 5.74) is 8.34. The van der Waals surface area contributed by atoms with Gasteiger partial charge in [0, 0.05) is 11.8 Å². The van der Waals surface area contributed by atoms with Crippen LogP contribution in [0, 0.1) is 11.8 Å². The monoisotopic (exact) mass is 581 g/mol. The van der Waals surface area contributed by atoms with Crippen LogP contribution in [0.5, 0.6) is 0 Å². The number of aliphatic hydroxyl groups excluding tert-OH is 1. The molecule has 0 saturated heterocycles. The van der Waals surface area contributed by atoms with E-state index < -0.39 is 12.3 Å². The number of pyridine rings is 1. The number of ether oxygens (including phenoxy) is 1. The molecule has 0 fully saturated rings. The van der Waals surface area contributed by atoms with Crippen molar-refractivity contribution >= 4 is 34.1 Å². The van der Waals surface area contributed by atoms with Gasteiger partial charge < -0.3 is 20.9 Å². The molecule has 0 amide bonds. The van der Waals surface area contributed by atoms with Gasteiger partial charge in [0.15, 0.2) is 6.29 Å². The minimum absolute atomic E-state index is 0.140. The molecule has 212 valence electrons. The van der Waals surface area contributed by atoms with Crippen molar-refractivity contribution in [2.75, 3.05) is 11.1 Å². The van der Waals surface area contributed by atoms with Crippen molar-refractivity contribution in [2.45, 2.75) is 39.2 Å². The SMILES string of the molecule is CC(C)OC(O)c1ccc(C#Cc2c(N)ncnc2NC(C)c2nc3cccc(Cl)c3c(=O)n2-c2ccccc2)nc1. The standard InChI is InChI=1S/C31H28ClN7O3/c1-18(2)42-31(41)20-12-13-21(34-16-20)14-15-23-27(33)35-17-36-28(23)37-19(3)29-38-25-11-7-10-24(32)26(25)30(40)39(29)22-8-5-4-6-9-22/h4-13,16-19,31,41H,1-3H3,(H3,33,35,36,37). The second-order valence-electron chi connectivity index (χ2n) is 9.69. The molecule has 0 spiro atoms. The fraction of sp³-hybridized carbons (Fsp3) is 0.194. The molecule has 0 aliphatic heterocycles. The average molecular weight is 582 g/mol. The Morgan fingerprint density at radius 2 is 1.79 bits per heavy atom. The van der Waals surface area contributed by atoms with E-state index in [2.05, 4.69) is 32.1 Å². The molecule has 4 N–H and O–H groups in total. The molecule has 2 atom stereocenters. The molecular weight excluding hydrogens is 554 g/mol. The zero-order valence-electron chi connectivity index (χ0n) is 23.1. The highest BCUT2D eigenvalue weighted by Crippen LogP contribution is 2.26. The number of halogens is 1. The van der Waals surface area contributed by atoms with Gasteiger partial charge in [-0.2, -0.15) is 0 Å². The molecule has 2 aromatic carbocycles. The van der Waals surface area contributed by atoms with E-state index in [1.54, 1.807) is 30.3 Å². The van der Waals surface area contributed by atoms with Crippen molar-refractivity contribution in [3.05, 3.63) is 111 Å². The number of fused-ring (bicyclic) bond motifs is 1. The first-order chi connectivity index (χ1) is 20.2. The molecule has 42 heavy (non-hydrogen) atoms. The summed E-state index contributed by atoms with van der Waals surface area (Å²) < 4.78 is 6.92. The van der Waals surface area contributed by atoms with E-state index in [9.17, 15) is 9.90 Å². The molecule has 5 rings (SSSR count). The van der Waals surface area contributed by atoms with Crippen LogP contribution in [0.4, 0.5) is 11.6 Å². The minimum atomic E-state index is -1.08. The summed E-state index contributed by atoms with van der Waals surface area (Å²) in [6.45, 7) is 5.53. The lowest BCUT2D eigenvalue weighted by molar-refractivity contribution is -0.129. The molecule has 11 heteroatoms. The smallest absolute Gasteiger partial charge is 0.267 e. The summed E-state index contributed by atoms with van der Waals surface area (Å²) in [6, 6.07) is 17.2. The molecule has 3 heterocycles. The van der Waals surface area contributed by atoms with E-state index in [0.29, 0.717) is 50.1 Å². The third kappa shape index (κ3) is 6.09. The number of nitrogens with zero attached hydrogens (tertiary/aromatic N) is 5. The number of hydrogen-bond donors (Lipinski definition) is 3. The van der Waals surface area contributed by atoms with E-state index in [4.69, 9.17) is 27.1 Å². The normalized spacial score (nSPS) is 12.5. The van der Waals surface area contributed by atoms with Gasteiger partial charge in [0.2, 0.25) is 0 Å². The number of nitrogens with two attached hydrogens (primary N) is 1. The molecule has 0 aliphatic rings. The third-order valence-electron chi connectivity index (χ3n) is 6.29. The largest absolute Gasteiger partial charge is 0.382 e. The van der Waals surface area contributed by atoms with Gasteiger partial charge in [-0.3, -0.25) is 9.36 Å². The van der Waals surface area contributed by atoms with Crippen LogP contribution in [0.2, 0.25) is 5.02 Å². The van der Waals surface area contributed by atoms with Crippen molar-refractivity contribution in [1.82, 2.24) is 24.5 Å². The summed E-state index contributed by atoms with van der Waals surface area (Å²) in [5, 5.41) is 14.1. The van der Waals surface area contributed by atoms with E-state index in [0.717, 1.165) is 0 Å². The molecule has 0 bridgehead atoms. The number of rotatable bonds is 7. The van der Waals surface area contributed by atoms with Crippen LogP contribution in [-0.4, -0.2) is 35.7 Å². The Kier molecular flexibility index (Phi) is 8.45. The van der Waals surface area contributed by atoms with E-state index in [1.165, 1.54) is 17.1 Å². The molecule has 5 aromatic rings. The highest BCUT2D eigenvalue weighted by Gasteiger charge is 2.21. The number of anilines is 2. The van der Waals surface area contributed by atoms with Crippen LogP contribution in [0.1, 0.15) is 55.7 Å². The number of para-hydroxylation sites is 1. The Balaban J connectivity index is 1.51. The summed E-state index contributed by atoms with van der Waals surface area (Å²) in [7, 11) is 0. The highest BCUT2D eigenvalue weighted by molar-refractivity contribution is 6.35. The fourth-order valence-electron chi connectivity index (χ4n) is 4.31. The van der Waals surface area contributed by atoms with E-state index >= 15 is 0 Å². The number of nitrogen functional groups attached to an aromatic ring is 1. The van der Waals surface area contributed by atoms with Crippen LogP contribution >= 0.6 is 11.6 Å². The molecule has 0 radical (unpaired) electrons. The molecule has 2 unspecified atom stereocenters. The molecule has 10 nitrogen and oxygen atoms in total. The maximum Gasteiger partial charge on any atom is 0.267 e. The quantitative estimate of drug-likeness (QED) is 0.183. The van der Waals surface area contributed by atoms with Gasteiger partial charge in [0.25, 0.3) is 5.56 Å². The van der Waals surface area contributed by atoms with Gasteiger partial charge in [-0.15, -0.1) is 0 Å². The fourth-order valence-corrected chi connectivity index (χ4v) is 4.56. The lowest BCUT2D eigenvalue weighted by Crippen LogP contribution is -2.27. The van der Waals surface area contributed by atoms with Gasteiger partial charge in [0.05, 0.1) is 33.8 Å². The van der Waals surface area contributed by atoms with Crippen LogP contribution < -0.4 is 16.6 Å².